The van der Waals surface area contributed by atoms with E-state index in [9.17, 15) is 9.59 Å². The van der Waals surface area contributed by atoms with Gasteiger partial charge in [0.1, 0.15) is 6.61 Å². The molecule has 0 aliphatic carbocycles. The highest BCUT2D eigenvalue weighted by molar-refractivity contribution is 5.95. The van der Waals surface area contributed by atoms with Gasteiger partial charge in [0.25, 0.3) is 0 Å². The summed E-state index contributed by atoms with van der Waals surface area (Å²) >= 11 is 0. The van der Waals surface area contributed by atoms with Crippen molar-refractivity contribution in [2.75, 3.05) is 6.61 Å². The van der Waals surface area contributed by atoms with Crippen LogP contribution in [0.1, 0.15) is 12.8 Å². The Bertz CT molecular complexity index is 181. The summed E-state index contributed by atoms with van der Waals surface area (Å²) < 4.78 is 4.66. The summed E-state index contributed by atoms with van der Waals surface area (Å²) in [6.45, 7) is 0.393. The van der Waals surface area contributed by atoms with E-state index in [0.717, 1.165) is 6.42 Å². The first kappa shape index (κ1) is 5.70. The zero-order valence-electron chi connectivity index (χ0n) is 5.37. The molecule has 0 radical (unpaired) electrons. The number of hydrogen-bond acceptors (Lipinski definition) is 3. The molecule has 0 aromatic heterocycles. The summed E-state index contributed by atoms with van der Waals surface area (Å²) in [6.07, 6.45) is 0.803. The SMILES string of the molecule is O=C1CC[C@H]2COC(=O)N12. The van der Waals surface area contributed by atoms with Gasteiger partial charge in [0.15, 0.2) is 0 Å². The molecule has 4 nitrogen and oxygen atoms in total. The third kappa shape index (κ3) is 0.558. The Morgan fingerprint density at radius 2 is 2.30 bits per heavy atom. The van der Waals surface area contributed by atoms with Crippen molar-refractivity contribution in [3.05, 3.63) is 0 Å². The first-order chi connectivity index (χ1) is 4.79. The number of carbonyl (C=O) groups is 2. The van der Waals surface area contributed by atoms with Crippen LogP contribution in [0.15, 0.2) is 0 Å². The summed E-state index contributed by atoms with van der Waals surface area (Å²) in [5, 5.41) is 0. The van der Waals surface area contributed by atoms with E-state index < -0.39 is 6.09 Å². The average molecular weight is 141 g/mol. The number of nitrogens with zero attached hydrogens (tertiary/aromatic N) is 1. The minimum atomic E-state index is -0.465. The Morgan fingerprint density at radius 3 is 3.00 bits per heavy atom. The van der Waals surface area contributed by atoms with E-state index in [1.807, 2.05) is 0 Å². The molecule has 0 saturated carbocycles. The highest BCUT2D eigenvalue weighted by Crippen LogP contribution is 2.24. The Balaban J connectivity index is 2.26. The van der Waals surface area contributed by atoms with Gasteiger partial charge in [-0.05, 0) is 6.42 Å². The van der Waals surface area contributed by atoms with E-state index in [0.29, 0.717) is 13.0 Å². The van der Waals surface area contributed by atoms with Gasteiger partial charge in [-0.3, -0.25) is 4.79 Å². The molecule has 0 unspecified atom stereocenters. The molecule has 0 aromatic carbocycles. The lowest BCUT2D eigenvalue weighted by molar-refractivity contribution is -0.125. The molecule has 2 aliphatic heterocycles. The van der Waals surface area contributed by atoms with Crippen molar-refractivity contribution in [3.8, 4) is 0 Å². The fraction of sp³-hybridized carbons (Fsp3) is 0.667. The first-order valence-electron chi connectivity index (χ1n) is 3.28. The van der Waals surface area contributed by atoms with Gasteiger partial charge < -0.3 is 4.74 Å². The van der Waals surface area contributed by atoms with E-state index >= 15 is 0 Å². The molecule has 54 valence electrons. The van der Waals surface area contributed by atoms with Crippen molar-refractivity contribution in [1.29, 1.82) is 0 Å². The fourth-order valence-electron chi connectivity index (χ4n) is 1.39. The van der Waals surface area contributed by atoms with Crippen LogP contribution < -0.4 is 0 Å². The first-order valence-corrected chi connectivity index (χ1v) is 3.28. The maximum absolute atomic E-state index is 10.9. The number of cyclic esters (lactones) is 1. The number of ether oxygens (including phenoxy) is 1. The average Bonchev–Trinajstić information content (AvgIpc) is 2.40. The Morgan fingerprint density at radius 1 is 1.50 bits per heavy atom. The molecule has 2 heterocycles. The van der Waals surface area contributed by atoms with Gasteiger partial charge in [0.2, 0.25) is 5.91 Å². The van der Waals surface area contributed by atoms with E-state index in [1.165, 1.54) is 4.90 Å². The molecule has 10 heavy (non-hydrogen) atoms. The standard InChI is InChI=1S/C6H7NO3/c8-5-2-1-4-3-10-6(9)7(4)5/h4H,1-3H2/t4-/m0/s1. The normalized spacial score (nSPS) is 30.8. The van der Waals surface area contributed by atoms with Crippen LogP contribution in [0.5, 0.6) is 0 Å². The van der Waals surface area contributed by atoms with Crippen LogP contribution >= 0.6 is 0 Å². The van der Waals surface area contributed by atoms with Crippen LogP contribution in [0, 0.1) is 0 Å². The van der Waals surface area contributed by atoms with Gasteiger partial charge in [0, 0.05) is 6.42 Å². The molecule has 2 rings (SSSR count). The van der Waals surface area contributed by atoms with Crippen LogP contribution in [0.3, 0.4) is 0 Å². The third-order valence-corrected chi connectivity index (χ3v) is 1.92. The number of amides is 2. The minimum Gasteiger partial charge on any atom is -0.447 e. The zero-order chi connectivity index (χ0) is 7.14. The predicted octanol–water partition coefficient (Wildman–Crippen LogP) is 0.128. The summed E-state index contributed by atoms with van der Waals surface area (Å²) in [7, 11) is 0. The van der Waals surface area contributed by atoms with E-state index in [2.05, 4.69) is 4.74 Å². The topological polar surface area (TPSA) is 46.6 Å². The van der Waals surface area contributed by atoms with Gasteiger partial charge in [-0.2, -0.15) is 0 Å². The maximum atomic E-state index is 10.9. The molecule has 1 atom stereocenters. The lowest BCUT2D eigenvalue weighted by Crippen LogP contribution is -2.30. The molecular formula is C6H7NO3. The monoisotopic (exact) mass is 141 g/mol. The number of fused-ring (bicyclic) bond motifs is 1. The smallest absolute Gasteiger partial charge is 0.416 e. The highest BCUT2D eigenvalue weighted by Gasteiger charge is 2.42. The maximum Gasteiger partial charge on any atom is 0.416 e. The number of carbonyl (C=O) groups excluding carboxylic acids is 2. The highest BCUT2D eigenvalue weighted by atomic mass is 16.6. The summed E-state index contributed by atoms with van der Waals surface area (Å²) in [5.74, 6) is -0.0903. The van der Waals surface area contributed by atoms with Crippen molar-refractivity contribution in [2.45, 2.75) is 18.9 Å². The van der Waals surface area contributed by atoms with Gasteiger partial charge in [-0.1, -0.05) is 0 Å². The summed E-state index contributed by atoms with van der Waals surface area (Å²) in [5.41, 5.74) is 0. The van der Waals surface area contributed by atoms with Crippen molar-refractivity contribution in [1.82, 2.24) is 4.90 Å². The lowest BCUT2D eigenvalue weighted by Gasteiger charge is -2.06. The quantitative estimate of drug-likeness (QED) is 0.481. The number of imide groups is 1. The van der Waals surface area contributed by atoms with Crippen LogP contribution in [-0.4, -0.2) is 29.5 Å². The molecule has 2 saturated heterocycles. The Kier molecular flexibility index (Phi) is 0.977. The molecule has 4 heteroatoms. The second kappa shape index (κ2) is 1.71. The summed E-state index contributed by atoms with van der Waals surface area (Å²) in [6, 6.07) is 0.0417. The van der Waals surface area contributed by atoms with Gasteiger partial charge in [-0.25, -0.2) is 9.69 Å². The van der Waals surface area contributed by atoms with Gasteiger partial charge in [-0.15, -0.1) is 0 Å². The van der Waals surface area contributed by atoms with Crippen molar-refractivity contribution < 1.29 is 14.3 Å². The van der Waals surface area contributed by atoms with Crippen LogP contribution in [0.2, 0.25) is 0 Å². The molecule has 0 aromatic rings. The second-order valence-electron chi connectivity index (χ2n) is 2.53. The van der Waals surface area contributed by atoms with Crippen molar-refractivity contribution >= 4 is 12.0 Å². The van der Waals surface area contributed by atoms with E-state index in [1.54, 1.807) is 0 Å². The molecule has 2 aliphatic rings. The molecule has 0 spiro atoms. The molecule has 0 N–H and O–H groups in total. The van der Waals surface area contributed by atoms with Crippen molar-refractivity contribution in [3.63, 3.8) is 0 Å². The van der Waals surface area contributed by atoms with Gasteiger partial charge in [0.05, 0.1) is 6.04 Å². The fourth-order valence-corrected chi connectivity index (χ4v) is 1.39. The minimum absolute atomic E-state index is 0.0417. The molecular weight excluding hydrogens is 134 g/mol. The van der Waals surface area contributed by atoms with E-state index in [4.69, 9.17) is 0 Å². The lowest BCUT2D eigenvalue weighted by atomic mass is 10.2. The van der Waals surface area contributed by atoms with Crippen LogP contribution in [0.4, 0.5) is 4.79 Å². The Labute approximate surface area is 57.7 Å². The molecule has 2 fully saturated rings. The second-order valence-corrected chi connectivity index (χ2v) is 2.53. The van der Waals surface area contributed by atoms with Crippen molar-refractivity contribution in [2.24, 2.45) is 0 Å². The molecule has 0 bridgehead atoms. The van der Waals surface area contributed by atoms with Crippen LogP contribution in [-0.2, 0) is 9.53 Å². The van der Waals surface area contributed by atoms with Gasteiger partial charge >= 0.3 is 6.09 Å². The van der Waals surface area contributed by atoms with Crippen LogP contribution in [0.25, 0.3) is 0 Å². The summed E-state index contributed by atoms with van der Waals surface area (Å²) in [4.78, 5) is 22.9. The zero-order valence-corrected chi connectivity index (χ0v) is 5.37. The number of hydrogen-bond donors (Lipinski definition) is 0. The Hall–Kier alpha value is -1.06. The predicted molar refractivity (Wildman–Crippen MR) is 31.2 cm³/mol. The molecule has 2 amide bonds. The third-order valence-electron chi connectivity index (χ3n) is 1.92. The largest absolute Gasteiger partial charge is 0.447 e. The van der Waals surface area contributed by atoms with E-state index in [-0.39, 0.29) is 11.9 Å². The number of rotatable bonds is 0.